The second-order valence-corrected chi connectivity index (χ2v) is 3.94. The lowest BCUT2D eigenvalue weighted by molar-refractivity contribution is -0.136. The number of rotatable bonds is 5. The molecule has 0 heterocycles. The number of carbonyl (C=O) groups excluding carboxylic acids is 1. The van der Waals surface area contributed by atoms with Gasteiger partial charge in [-0.1, -0.05) is 19.1 Å². The molecule has 92 valence electrons. The number of carboxylic acid groups (broad SMARTS) is 1. The number of hydrogen-bond donors (Lipinski definition) is 1. The highest BCUT2D eigenvalue weighted by Crippen LogP contribution is 2.16. The van der Waals surface area contributed by atoms with Gasteiger partial charge < -0.3 is 10.0 Å². The fourth-order valence-electron chi connectivity index (χ4n) is 1.58. The molecule has 0 aliphatic carbocycles. The number of anilines is 1. The topological polar surface area (TPSA) is 57.6 Å². The number of carbonyl (C=O) groups is 2. The van der Waals surface area contributed by atoms with E-state index < -0.39 is 5.97 Å². The highest BCUT2D eigenvalue weighted by Gasteiger charge is 2.10. The van der Waals surface area contributed by atoms with Crippen LogP contribution in [-0.2, 0) is 16.0 Å². The van der Waals surface area contributed by atoms with Crippen molar-refractivity contribution in [2.45, 2.75) is 26.2 Å². The van der Waals surface area contributed by atoms with Gasteiger partial charge in [0.1, 0.15) is 0 Å². The highest BCUT2D eigenvalue weighted by atomic mass is 16.4. The van der Waals surface area contributed by atoms with Crippen LogP contribution in [0.3, 0.4) is 0 Å². The van der Waals surface area contributed by atoms with E-state index in [2.05, 4.69) is 0 Å². The zero-order valence-corrected chi connectivity index (χ0v) is 10.1. The lowest BCUT2D eigenvalue weighted by Gasteiger charge is -2.17. The van der Waals surface area contributed by atoms with Crippen molar-refractivity contribution in [3.05, 3.63) is 29.8 Å². The summed E-state index contributed by atoms with van der Waals surface area (Å²) in [5, 5.41) is 8.71. The second-order valence-electron chi connectivity index (χ2n) is 3.94. The van der Waals surface area contributed by atoms with E-state index >= 15 is 0 Å². The third kappa shape index (κ3) is 3.90. The van der Waals surface area contributed by atoms with Gasteiger partial charge in [-0.25, -0.2) is 0 Å². The predicted molar refractivity (Wildman–Crippen MR) is 66.1 cm³/mol. The van der Waals surface area contributed by atoms with Crippen molar-refractivity contribution >= 4 is 17.6 Å². The Kier molecular flexibility index (Phi) is 4.69. The summed E-state index contributed by atoms with van der Waals surface area (Å²) < 4.78 is 0. The lowest BCUT2D eigenvalue weighted by atomic mass is 10.1. The number of nitrogens with zero attached hydrogens (tertiary/aromatic N) is 1. The Labute approximate surface area is 101 Å². The highest BCUT2D eigenvalue weighted by molar-refractivity contribution is 5.92. The summed E-state index contributed by atoms with van der Waals surface area (Å²) in [5.74, 6) is -0.829. The molecule has 0 aromatic heterocycles. The van der Waals surface area contributed by atoms with E-state index in [1.54, 1.807) is 36.2 Å². The van der Waals surface area contributed by atoms with Gasteiger partial charge in [0, 0.05) is 19.2 Å². The van der Waals surface area contributed by atoms with Gasteiger partial charge in [-0.2, -0.15) is 0 Å². The largest absolute Gasteiger partial charge is 0.481 e. The van der Waals surface area contributed by atoms with Crippen molar-refractivity contribution in [1.82, 2.24) is 0 Å². The van der Waals surface area contributed by atoms with Crippen molar-refractivity contribution < 1.29 is 14.7 Å². The quantitative estimate of drug-likeness (QED) is 0.850. The van der Waals surface area contributed by atoms with Gasteiger partial charge in [-0.3, -0.25) is 9.59 Å². The maximum atomic E-state index is 11.7. The number of aliphatic carboxylic acids is 1. The van der Waals surface area contributed by atoms with Gasteiger partial charge in [0.05, 0.1) is 6.42 Å². The zero-order valence-electron chi connectivity index (χ0n) is 10.1. The summed E-state index contributed by atoms with van der Waals surface area (Å²) in [6, 6.07) is 7.06. The second kappa shape index (κ2) is 6.03. The molecule has 0 bridgehead atoms. The number of hydrogen-bond acceptors (Lipinski definition) is 2. The van der Waals surface area contributed by atoms with Gasteiger partial charge in [-0.05, 0) is 24.1 Å². The first kappa shape index (κ1) is 13.2. The van der Waals surface area contributed by atoms with Crippen LogP contribution in [0.1, 0.15) is 25.3 Å². The molecule has 0 fully saturated rings. The molecule has 0 unspecified atom stereocenters. The van der Waals surface area contributed by atoms with E-state index in [4.69, 9.17) is 5.11 Å². The fraction of sp³-hybridized carbons (Fsp3) is 0.385. The Balaban J connectivity index is 2.83. The summed E-state index contributed by atoms with van der Waals surface area (Å²) in [7, 11) is 1.71. The van der Waals surface area contributed by atoms with Crippen molar-refractivity contribution in [2.75, 3.05) is 11.9 Å². The van der Waals surface area contributed by atoms with Gasteiger partial charge in [-0.15, -0.1) is 0 Å². The Morgan fingerprint density at radius 2 is 2.06 bits per heavy atom. The monoisotopic (exact) mass is 235 g/mol. The Hall–Kier alpha value is -1.84. The van der Waals surface area contributed by atoms with Crippen LogP contribution < -0.4 is 4.90 Å². The molecule has 1 amide bonds. The van der Waals surface area contributed by atoms with Crippen LogP contribution >= 0.6 is 0 Å². The maximum absolute atomic E-state index is 11.7. The molecule has 0 radical (unpaired) electrons. The Bertz CT molecular complexity index is 415. The molecule has 0 aliphatic heterocycles. The molecule has 0 atom stereocenters. The summed E-state index contributed by atoms with van der Waals surface area (Å²) in [6.45, 7) is 1.95. The average Bonchev–Trinajstić information content (AvgIpc) is 2.28. The Morgan fingerprint density at radius 3 is 2.65 bits per heavy atom. The van der Waals surface area contributed by atoms with Crippen LogP contribution in [-0.4, -0.2) is 24.0 Å². The molecule has 0 aliphatic rings. The van der Waals surface area contributed by atoms with E-state index in [1.165, 1.54) is 0 Å². The third-order valence-corrected chi connectivity index (χ3v) is 2.49. The molecular weight excluding hydrogens is 218 g/mol. The van der Waals surface area contributed by atoms with Gasteiger partial charge in [0.25, 0.3) is 0 Å². The molecule has 0 saturated carbocycles. The van der Waals surface area contributed by atoms with Crippen LogP contribution in [0.15, 0.2) is 24.3 Å². The standard InChI is InChI=1S/C13H17NO3/c1-3-5-12(15)14(2)11-7-4-6-10(8-11)9-13(16)17/h4,6-8H,3,5,9H2,1-2H3,(H,16,17). The molecule has 1 aromatic rings. The first-order chi connectivity index (χ1) is 8.04. The predicted octanol–water partition coefficient (Wildman–Crippen LogP) is 2.08. The van der Waals surface area contributed by atoms with Crippen molar-refractivity contribution in [3.8, 4) is 0 Å². The minimum atomic E-state index is -0.871. The van der Waals surface area contributed by atoms with E-state index in [9.17, 15) is 9.59 Å². The lowest BCUT2D eigenvalue weighted by Crippen LogP contribution is -2.25. The number of benzene rings is 1. The number of amides is 1. The van der Waals surface area contributed by atoms with Crippen LogP contribution in [0, 0.1) is 0 Å². The number of carboxylic acids is 1. The zero-order chi connectivity index (χ0) is 12.8. The first-order valence-corrected chi connectivity index (χ1v) is 5.62. The van der Waals surface area contributed by atoms with Crippen LogP contribution in [0.5, 0.6) is 0 Å². The molecule has 1 aromatic carbocycles. The maximum Gasteiger partial charge on any atom is 0.307 e. The van der Waals surface area contributed by atoms with E-state index in [0.29, 0.717) is 12.0 Å². The van der Waals surface area contributed by atoms with Crippen molar-refractivity contribution in [2.24, 2.45) is 0 Å². The SMILES string of the molecule is CCCC(=O)N(C)c1cccc(CC(=O)O)c1. The smallest absolute Gasteiger partial charge is 0.307 e. The van der Waals surface area contributed by atoms with E-state index in [1.807, 2.05) is 6.92 Å². The van der Waals surface area contributed by atoms with Crippen molar-refractivity contribution in [3.63, 3.8) is 0 Å². The minimum Gasteiger partial charge on any atom is -0.481 e. The van der Waals surface area contributed by atoms with E-state index in [0.717, 1.165) is 12.1 Å². The molecular formula is C13H17NO3. The normalized spacial score (nSPS) is 10.0. The summed E-state index contributed by atoms with van der Waals surface area (Å²) >= 11 is 0. The summed E-state index contributed by atoms with van der Waals surface area (Å²) in [4.78, 5) is 23.9. The van der Waals surface area contributed by atoms with Gasteiger partial charge in [0.15, 0.2) is 0 Å². The van der Waals surface area contributed by atoms with Crippen LogP contribution in [0.4, 0.5) is 5.69 Å². The average molecular weight is 235 g/mol. The van der Waals surface area contributed by atoms with Crippen molar-refractivity contribution in [1.29, 1.82) is 0 Å². The summed E-state index contributed by atoms with van der Waals surface area (Å²) in [6.07, 6.45) is 1.28. The van der Waals surface area contributed by atoms with Gasteiger partial charge in [0.2, 0.25) is 5.91 Å². The fourth-order valence-corrected chi connectivity index (χ4v) is 1.58. The molecule has 1 rings (SSSR count). The molecule has 1 N–H and O–H groups in total. The van der Waals surface area contributed by atoms with Gasteiger partial charge >= 0.3 is 5.97 Å². The molecule has 4 heteroatoms. The Morgan fingerprint density at radius 1 is 1.35 bits per heavy atom. The minimum absolute atomic E-state index is 0.0242. The first-order valence-electron chi connectivity index (χ1n) is 5.62. The van der Waals surface area contributed by atoms with E-state index in [-0.39, 0.29) is 12.3 Å². The molecule has 0 spiro atoms. The molecule has 0 saturated heterocycles. The van der Waals surface area contributed by atoms with Crippen LogP contribution in [0.2, 0.25) is 0 Å². The van der Waals surface area contributed by atoms with Crippen LogP contribution in [0.25, 0.3) is 0 Å². The molecule has 4 nitrogen and oxygen atoms in total. The molecule has 17 heavy (non-hydrogen) atoms. The third-order valence-electron chi connectivity index (χ3n) is 2.49. The summed E-state index contributed by atoms with van der Waals surface area (Å²) in [5.41, 5.74) is 1.44.